The van der Waals surface area contributed by atoms with E-state index in [0.29, 0.717) is 25.9 Å². The number of amides is 2. The molecule has 16 nitrogen and oxygen atoms in total. The van der Waals surface area contributed by atoms with Crippen molar-refractivity contribution in [3.05, 3.63) is 143 Å². The van der Waals surface area contributed by atoms with Crippen molar-refractivity contribution in [2.24, 2.45) is 11.8 Å². The van der Waals surface area contributed by atoms with E-state index in [1.807, 2.05) is 110 Å². The Labute approximate surface area is 488 Å². The van der Waals surface area contributed by atoms with Crippen LogP contribution in [-0.2, 0) is 9.59 Å². The number of nitrogens with zero attached hydrogens (tertiary/aromatic N) is 10. The van der Waals surface area contributed by atoms with E-state index in [2.05, 4.69) is 101 Å². The van der Waals surface area contributed by atoms with Crippen LogP contribution in [0.25, 0.3) is 33.5 Å². The lowest BCUT2D eigenvalue weighted by atomic mass is 10.0. The number of halogens is 1. The van der Waals surface area contributed by atoms with Crippen LogP contribution < -0.4 is 28.7 Å². The number of piperidine rings is 2. The van der Waals surface area contributed by atoms with Crippen LogP contribution in [0.15, 0.2) is 128 Å². The van der Waals surface area contributed by atoms with Crippen molar-refractivity contribution in [3.63, 3.8) is 0 Å². The maximum Gasteiger partial charge on any atom is 0.223 e. The lowest BCUT2D eigenvalue weighted by Crippen LogP contribution is -2.31. The molecule has 0 saturated carbocycles. The molecule has 2 amide bonds. The zero-order chi connectivity index (χ0) is 56.1. The van der Waals surface area contributed by atoms with Crippen molar-refractivity contribution in [2.75, 3.05) is 63.3 Å². The van der Waals surface area contributed by atoms with Gasteiger partial charge in [0.15, 0.2) is 0 Å². The summed E-state index contributed by atoms with van der Waals surface area (Å²) in [5, 5.41) is 9.06. The highest BCUT2D eigenvalue weighted by molar-refractivity contribution is 14.1. The molecule has 6 aromatic heterocycles. The standard InChI is InChI=1S/C32H36IN5O3.C32H37N5O3/c1-21(23-7-10-27(40-3)11-8-23)37-19-24(16-31(37)39)22(2)41-30-15-25(20-38-32(30)28(33)18-35-38)29-12-9-26(17-34-29)36-13-5-4-6-14-36;1-22(24-7-10-28(39-3)11-8-24)36-20-25(18-32(36)38)23(2)40-31-17-26(21-37-30(31)13-14-34-37)29-12-9-27(19-33-29)35-15-5-4-6-16-35/h7-12,15,17-18,20-22,24H,4-6,13-14,16,19H2,1-3H3;7-14,17,19,21-23,25H,4-6,15-16,18,20H2,1-3H3/t21-,22-,24-;22-,23-,25-/m11/s1. The third kappa shape index (κ3) is 12.3. The van der Waals surface area contributed by atoms with Gasteiger partial charge in [-0.3, -0.25) is 19.6 Å². The molecule has 17 heteroatoms. The van der Waals surface area contributed by atoms with Crippen molar-refractivity contribution >= 4 is 56.8 Å². The summed E-state index contributed by atoms with van der Waals surface area (Å²) in [6.07, 6.45) is 19.8. The van der Waals surface area contributed by atoms with Gasteiger partial charge in [-0.2, -0.15) is 10.2 Å². The van der Waals surface area contributed by atoms with Gasteiger partial charge in [0.25, 0.3) is 0 Å². The number of rotatable bonds is 16. The second-order valence-corrected chi connectivity index (χ2v) is 23.3. The van der Waals surface area contributed by atoms with Crippen molar-refractivity contribution in [1.29, 1.82) is 0 Å². The first-order valence-electron chi connectivity index (χ1n) is 28.7. The first kappa shape index (κ1) is 55.5. The first-order chi connectivity index (χ1) is 39.4. The monoisotopic (exact) mass is 1200 g/mol. The smallest absolute Gasteiger partial charge is 0.223 e. The van der Waals surface area contributed by atoms with E-state index in [1.165, 1.54) is 49.9 Å². The zero-order valence-electron chi connectivity index (χ0n) is 47.3. The average molecular weight is 1210 g/mol. The molecule has 0 radical (unpaired) electrons. The molecule has 4 aliphatic heterocycles. The minimum atomic E-state index is -0.161. The fourth-order valence-corrected chi connectivity index (χ4v) is 12.6. The van der Waals surface area contributed by atoms with Crippen LogP contribution >= 0.6 is 22.6 Å². The Balaban J connectivity index is 0.000000170. The molecule has 0 spiro atoms. The second kappa shape index (κ2) is 24.8. The number of carbonyl (C=O) groups is 2. The summed E-state index contributed by atoms with van der Waals surface area (Å²) in [6, 6.07) is 30.4. The predicted molar refractivity (Wildman–Crippen MR) is 324 cm³/mol. The van der Waals surface area contributed by atoms with E-state index in [4.69, 9.17) is 28.9 Å². The Morgan fingerprint density at radius 3 is 1.48 bits per heavy atom. The molecule has 12 rings (SSSR count). The quantitative estimate of drug-likeness (QED) is 0.0849. The Morgan fingerprint density at radius 1 is 0.543 bits per heavy atom. The molecule has 4 fully saturated rings. The number of likely N-dealkylation sites (tertiary alicyclic amines) is 2. The number of methoxy groups -OCH3 is 2. The summed E-state index contributed by atoms with van der Waals surface area (Å²) in [7, 11) is 3.32. The van der Waals surface area contributed by atoms with Gasteiger partial charge in [-0.25, -0.2) is 9.03 Å². The van der Waals surface area contributed by atoms with Gasteiger partial charge in [-0.05, 0) is 167 Å². The maximum atomic E-state index is 13.1. The number of pyridine rings is 4. The number of hydrogen-bond donors (Lipinski definition) is 0. The molecule has 6 atom stereocenters. The van der Waals surface area contributed by atoms with Gasteiger partial charge in [-0.15, -0.1) is 0 Å². The molecule has 10 heterocycles. The molecule has 81 heavy (non-hydrogen) atoms. The highest BCUT2D eigenvalue weighted by Crippen LogP contribution is 2.38. The fraction of sp³-hybridized carbons (Fsp3) is 0.406. The third-order valence-corrected chi connectivity index (χ3v) is 17.8. The van der Waals surface area contributed by atoms with Crippen LogP contribution in [0.3, 0.4) is 0 Å². The van der Waals surface area contributed by atoms with Crippen LogP contribution in [0.4, 0.5) is 11.4 Å². The molecule has 0 unspecified atom stereocenters. The predicted octanol–water partition coefficient (Wildman–Crippen LogP) is 12.1. The zero-order valence-corrected chi connectivity index (χ0v) is 49.4. The molecule has 4 aliphatic rings. The lowest BCUT2D eigenvalue weighted by Gasteiger charge is -2.28. The van der Waals surface area contributed by atoms with Gasteiger partial charge in [0.05, 0.1) is 77.4 Å². The number of anilines is 2. The average Bonchev–Trinajstić information content (AvgIpc) is 4.43. The molecule has 2 aromatic carbocycles. The van der Waals surface area contributed by atoms with Crippen LogP contribution in [0.1, 0.15) is 102 Å². The van der Waals surface area contributed by atoms with Crippen molar-refractivity contribution < 1.29 is 28.5 Å². The number of carbonyl (C=O) groups excluding carboxylic acids is 2. The Hall–Kier alpha value is -7.41. The van der Waals surface area contributed by atoms with Crippen molar-refractivity contribution in [3.8, 4) is 45.5 Å². The van der Waals surface area contributed by atoms with Gasteiger partial charge < -0.3 is 38.5 Å². The van der Waals surface area contributed by atoms with E-state index in [-0.39, 0.29) is 47.9 Å². The summed E-state index contributed by atoms with van der Waals surface area (Å²) < 4.78 is 28.5. The largest absolute Gasteiger partial charge is 0.497 e. The molecule has 4 saturated heterocycles. The third-order valence-electron chi connectivity index (χ3n) is 17.0. The minimum Gasteiger partial charge on any atom is -0.497 e. The fourth-order valence-electron chi connectivity index (χ4n) is 11.9. The number of benzene rings is 2. The van der Waals surface area contributed by atoms with E-state index < -0.39 is 0 Å². The maximum absolute atomic E-state index is 13.1. The Bertz CT molecular complexity index is 3430. The van der Waals surface area contributed by atoms with Gasteiger partial charge in [0.2, 0.25) is 11.8 Å². The van der Waals surface area contributed by atoms with Gasteiger partial charge in [0, 0.05) is 87.5 Å². The SMILES string of the molecule is COc1ccc([C@@H](C)N2C[C@H]([C@@H](C)Oc3cc(-c4ccc(N5CCCCC5)cn4)cn4ncc(I)c34)CC2=O)cc1.COc1ccc([C@@H](C)N2C[C@H]([C@@H](C)Oc3cc(-c4ccc(N5CCCCC5)cn4)cn4nccc34)CC2=O)cc1. The summed E-state index contributed by atoms with van der Waals surface area (Å²) in [6.45, 7) is 14.0. The molecule has 0 aliphatic carbocycles. The molecule has 8 aromatic rings. The van der Waals surface area contributed by atoms with Gasteiger partial charge >= 0.3 is 0 Å². The van der Waals surface area contributed by atoms with Crippen LogP contribution in [-0.4, -0.2) is 117 Å². The van der Waals surface area contributed by atoms with Crippen LogP contribution in [0.2, 0.25) is 0 Å². The highest BCUT2D eigenvalue weighted by Gasteiger charge is 2.39. The number of ether oxygens (including phenoxy) is 4. The van der Waals surface area contributed by atoms with Gasteiger partial charge in [-0.1, -0.05) is 24.3 Å². The molecular weight excluding hydrogens is 1130 g/mol. The molecule has 0 N–H and O–H groups in total. The number of aromatic nitrogens is 6. The van der Waals surface area contributed by atoms with Crippen LogP contribution in [0, 0.1) is 15.4 Å². The van der Waals surface area contributed by atoms with E-state index in [1.54, 1.807) is 20.4 Å². The van der Waals surface area contributed by atoms with E-state index in [9.17, 15) is 9.59 Å². The summed E-state index contributed by atoms with van der Waals surface area (Å²) in [5.74, 6) is 3.60. The topological polar surface area (TPSA) is 144 Å². The van der Waals surface area contributed by atoms with Crippen molar-refractivity contribution in [2.45, 2.75) is 103 Å². The summed E-state index contributed by atoms with van der Waals surface area (Å²) in [4.78, 5) is 44.5. The second-order valence-electron chi connectivity index (χ2n) is 22.1. The summed E-state index contributed by atoms with van der Waals surface area (Å²) in [5.41, 5.74) is 10.0. The summed E-state index contributed by atoms with van der Waals surface area (Å²) >= 11 is 2.30. The highest BCUT2D eigenvalue weighted by atomic mass is 127. The number of fused-ring (bicyclic) bond motifs is 2. The minimum absolute atomic E-state index is 0.0144. The van der Waals surface area contributed by atoms with Gasteiger partial charge in [0.1, 0.15) is 46.2 Å². The van der Waals surface area contributed by atoms with E-state index >= 15 is 0 Å². The molecule has 0 bridgehead atoms. The Kier molecular flexibility index (Phi) is 17.0. The Morgan fingerprint density at radius 2 is 1.01 bits per heavy atom. The van der Waals surface area contributed by atoms with E-state index in [0.717, 1.165) is 97.4 Å². The molecule has 422 valence electrons. The normalized spacial score (nSPS) is 19.1. The first-order valence-corrected chi connectivity index (χ1v) is 29.8. The number of hydrogen-bond acceptors (Lipinski definition) is 12. The lowest BCUT2D eigenvalue weighted by molar-refractivity contribution is -0.130. The van der Waals surface area contributed by atoms with Crippen LogP contribution in [0.5, 0.6) is 23.0 Å². The van der Waals surface area contributed by atoms with Crippen molar-refractivity contribution in [1.82, 2.24) is 39.0 Å². The molecular formula is C64H73IN10O6.